The first-order chi connectivity index (χ1) is 3.79. The van der Waals surface area contributed by atoms with E-state index in [0.29, 0.717) is 6.04 Å². The van der Waals surface area contributed by atoms with Gasteiger partial charge in [-0.3, -0.25) is 0 Å². The van der Waals surface area contributed by atoms with Gasteiger partial charge in [-0.2, -0.15) is 0 Å². The normalized spacial score (nSPS) is 33.0. The highest BCUT2D eigenvalue weighted by Gasteiger charge is 2.11. The lowest BCUT2D eigenvalue weighted by Crippen LogP contribution is -2.43. The predicted octanol–water partition coefficient (Wildman–Crippen LogP) is -0.0753. The average Bonchev–Trinajstić information content (AvgIpc) is 1.64. The molecule has 0 unspecified atom stereocenters. The van der Waals surface area contributed by atoms with Crippen molar-refractivity contribution in [1.82, 2.24) is 10.2 Å². The van der Waals surface area contributed by atoms with Crippen molar-refractivity contribution in [1.29, 1.82) is 0 Å². The molecule has 8 heavy (non-hydrogen) atoms. The Hall–Kier alpha value is -0.0800. The zero-order chi connectivity index (χ0) is 5.98. The average molecular weight is 113 g/mol. The lowest BCUT2D eigenvalue weighted by Gasteiger charge is -2.26. The molecule has 0 bridgehead atoms. The van der Waals surface area contributed by atoms with Crippen molar-refractivity contribution in [2.75, 3.05) is 26.7 Å². The third-order valence-corrected chi connectivity index (χ3v) is 1.50. The third-order valence-electron chi connectivity index (χ3n) is 1.50. The Labute approximate surface area is 50.9 Å². The van der Waals surface area contributed by atoms with Crippen molar-refractivity contribution in [2.45, 2.75) is 13.0 Å². The molecule has 2 heteroatoms. The maximum atomic E-state index is 4.34. The Morgan fingerprint density at radius 1 is 1.62 bits per heavy atom. The van der Waals surface area contributed by atoms with Gasteiger partial charge in [0.05, 0.1) is 0 Å². The maximum absolute atomic E-state index is 4.34. The van der Waals surface area contributed by atoms with Gasteiger partial charge in [0, 0.05) is 25.7 Å². The summed E-state index contributed by atoms with van der Waals surface area (Å²) in [6.45, 7) is 5.47. The summed E-state index contributed by atoms with van der Waals surface area (Å²) in [7, 11) is 2.14. The third kappa shape index (κ3) is 1.46. The van der Waals surface area contributed by atoms with Crippen molar-refractivity contribution in [3.05, 3.63) is 0 Å². The molecule has 0 saturated carbocycles. The van der Waals surface area contributed by atoms with E-state index in [4.69, 9.17) is 0 Å². The number of piperazine rings is 1. The maximum Gasteiger partial charge on any atom is 0.0345 e. The Bertz CT molecular complexity index is 64.9. The molecule has 0 N–H and O–H groups in total. The minimum Gasteiger partial charge on any atom is -0.303 e. The summed E-state index contributed by atoms with van der Waals surface area (Å²) in [5, 5.41) is 4.34. The van der Waals surface area contributed by atoms with E-state index < -0.39 is 0 Å². The summed E-state index contributed by atoms with van der Waals surface area (Å²) in [4.78, 5) is 2.32. The van der Waals surface area contributed by atoms with Crippen molar-refractivity contribution in [2.24, 2.45) is 0 Å². The molecule has 2 nitrogen and oxygen atoms in total. The molecule has 0 aliphatic carbocycles. The van der Waals surface area contributed by atoms with Gasteiger partial charge in [-0.05, 0) is 14.0 Å². The largest absolute Gasteiger partial charge is 0.303 e. The molecule has 1 saturated heterocycles. The Kier molecular flexibility index (Phi) is 1.86. The number of hydrogen-bond acceptors (Lipinski definition) is 1. The molecule has 1 aliphatic heterocycles. The highest BCUT2D eigenvalue weighted by Crippen LogP contribution is 1.94. The number of rotatable bonds is 0. The quantitative estimate of drug-likeness (QED) is 0.429. The molecule has 1 fully saturated rings. The van der Waals surface area contributed by atoms with Gasteiger partial charge in [-0.15, -0.1) is 0 Å². The van der Waals surface area contributed by atoms with Gasteiger partial charge < -0.3 is 4.90 Å². The number of nitrogens with zero attached hydrogens (tertiary/aromatic N) is 2. The minimum absolute atomic E-state index is 0.564. The SMILES string of the molecule is C[C@H]1CN(C)CC[N]1. The van der Waals surface area contributed by atoms with Gasteiger partial charge in [0.2, 0.25) is 0 Å². The van der Waals surface area contributed by atoms with Crippen LogP contribution in [0.15, 0.2) is 0 Å². The van der Waals surface area contributed by atoms with Crippen molar-refractivity contribution in [3.8, 4) is 0 Å². The molecule has 1 atom stereocenters. The summed E-state index contributed by atoms with van der Waals surface area (Å²) in [6.07, 6.45) is 0. The van der Waals surface area contributed by atoms with E-state index in [1.54, 1.807) is 0 Å². The number of likely N-dealkylation sites (N-methyl/N-ethyl adjacent to an activating group) is 1. The fourth-order valence-electron chi connectivity index (χ4n) is 1.05. The van der Waals surface area contributed by atoms with Crippen LogP contribution in [0.3, 0.4) is 0 Å². The number of hydrogen-bond donors (Lipinski definition) is 0. The first-order valence-electron chi connectivity index (χ1n) is 3.14. The zero-order valence-corrected chi connectivity index (χ0v) is 5.59. The van der Waals surface area contributed by atoms with Crippen molar-refractivity contribution >= 4 is 0 Å². The lowest BCUT2D eigenvalue weighted by atomic mass is 10.2. The smallest absolute Gasteiger partial charge is 0.0345 e. The lowest BCUT2D eigenvalue weighted by molar-refractivity contribution is 0.244. The van der Waals surface area contributed by atoms with E-state index in [9.17, 15) is 0 Å². The van der Waals surface area contributed by atoms with Crippen LogP contribution in [0.2, 0.25) is 0 Å². The zero-order valence-electron chi connectivity index (χ0n) is 5.59. The van der Waals surface area contributed by atoms with Gasteiger partial charge >= 0.3 is 0 Å². The Balaban J connectivity index is 2.23. The highest BCUT2D eigenvalue weighted by atomic mass is 15.2. The van der Waals surface area contributed by atoms with Gasteiger partial charge in [-0.1, -0.05) is 0 Å². The van der Waals surface area contributed by atoms with Gasteiger partial charge in [0.25, 0.3) is 0 Å². The summed E-state index contributed by atoms with van der Waals surface area (Å²) >= 11 is 0. The van der Waals surface area contributed by atoms with Crippen LogP contribution in [0.1, 0.15) is 6.92 Å². The second kappa shape index (κ2) is 2.46. The first-order valence-corrected chi connectivity index (χ1v) is 3.14. The van der Waals surface area contributed by atoms with E-state index >= 15 is 0 Å². The summed E-state index contributed by atoms with van der Waals surface area (Å²) in [5.41, 5.74) is 0. The standard InChI is InChI=1S/C6H13N2/c1-6-5-8(2)4-3-7-6/h6H,3-5H2,1-2H3/t6-/m0/s1. The predicted molar refractivity (Wildman–Crippen MR) is 34.0 cm³/mol. The highest BCUT2D eigenvalue weighted by molar-refractivity contribution is 4.70. The summed E-state index contributed by atoms with van der Waals surface area (Å²) in [5.74, 6) is 0. The van der Waals surface area contributed by atoms with E-state index in [0.717, 1.165) is 19.6 Å². The minimum atomic E-state index is 0.564. The second-order valence-electron chi connectivity index (χ2n) is 2.52. The molecule has 1 aliphatic rings. The van der Waals surface area contributed by atoms with Gasteiger partial charge in [0.1, 0.15) is 0 Å². The van der Waals surface area contributed by atoms with Crippen molar-refractivity contribution in [3.63, 3.8) is 0 Å². The van der Waals surface area contributed by atoms with Crippen LogP contribution >= 0.6 is 0 Å². The summed E-state index contributed by atoms with van der Waals surface area (Å²) in [6, 6.07) is 0.564. The van der Waals surface area contributed by atoms with Crippen LogP contribution in [-0.4, -0.2) is 37.6 Å². The molecular formula is C6H13N2. The van der Waals surface area contributed by atoms with Crippen molar-refractivity contribution < 1.29 is 0 Å². The van der Waals surface area contributed by atoms with Crippen LogP contribution < -0.4 is 5.32 Å². The Morgan fingerprint density at radius 3 is 2.75 bits per heavy atom. The van der Waals surface area contributed by atoms with E-state index in [1.165, 1.54) is 0 Å². The fourth-order valence-corrected chi connectivity index (χ4v) is 1.05. The van der Waals surface area contributed by atoms with Gasteiger partial charge in [0.15, 0.2) is 0 Å². The van der Waals surface area contributed by atoms with Crippen LogP contribution in [0.5, 0.6) is 0 Å². The first kappa shape index (κ1) is 6.05. The van der Waals surface area contributed by atoms with Gasteiger partial charge in [-0.25, -0.2) is 5.32 Å². The molecule has 1 heterocycles. The fraction of sp³-hybridized carbons (Fsp3) is 1.00. The van der Waals surface area contributed by atoms with Crippen LogP contribution in [-0.2, 0) is 0 Å². The summed E-state index contributed by atoms with van der Waals surface area (Å²) < 4.78 is 0. The molecule has 1 radical (unpaired) electrons. The topological polar surface area (TPSA) is 17.3 Å². The molecule has 0 aromatic rings. The molecular weight excluding hydrogens is 100 g/mol. The second-order valence-corrected chi connectivity index (χ2v) is 2.52. The molecule has 1 rings (SSSR count). The molecule has 47 valence electrons. The molecule has 0 spiro atoms. The van der Waals surface area contributed by atoms with E-state index in [-0.39, 0.29) is 0 Å². The molecule has 0 amide bonds. The van der Waals surface area contributed by atoms with E-state index in [1.807, 2.05) is 0 Å². The van der Waals surface area contributed by atoms with Crippen LogP contribution in [0, 0.1) is 0 Å². The molecule has 0 aromatic carbocycles. The Morgan fingerprint density at radius 2 is 2.38 bits per heavy atom. The van der Waals surface area contributed by atoms with Crippen LogP contribution in [0.25, 0.3) is 0 Å². The van der Waals surface area contributed by atoms with E-state index in [2.05, 4.69) is 24.2 Å². The monoisotopic (exact) mass is 113 g/mol. The van der Waals surface area contributed by atoms with Crippen LogP contribution in [0.4, 0.5) is 0 Å². The molecule has 0 aromatic heterocycles.